The second kappa shape index (κ2) is 3.95. The molecule has 0 spiro atoms. The Morgan fingerprint density at radius 1 is 1.00 bits per heavy atom. The van der Waals surface area contributed by atoms with Crippen molar-refractivity contribution in [1.29, 1.82) is 0 Å². The molecule has 1 aliphatic carbocycles. The van der Waals surface area contributed by atoms with Gasteiger partial charge >= 0.3 is 0 Å². The van der Waals surface area contributed by atoms with Crippen molar-refractivity contribution in [3.05, 3.63) is 0 Å². The third-order valence-corrected chi connectivity index (χ3v) is 1.85. The molecule has 2 atom stereocenters. The van der Waals surface area contributed by atoms with E-state index in [9.17, 15) is 9.59 Å². The van der Waals surface area contributed by atoms with Crippen molar-refractivity contribution in [1.82, 2.24) is 0 Å². The van der Waals surface area contributed by atoms with Crippen LogP contribution in [0.15, 0.2) is 0 Å². The fraction of sp³-hybridized carbons (Fsp3) is 0.714. The minimum Gasteiger partial charge on any atom is -0.461 e. The van der Waals surface area contributed by atoms with Crippen LogP contribution in [0.1, 0.15) is 19.3 Å². The van der Waals surface area contributed by atoms with E-state index in [0.717, 1.165) is 19.3 Å². The van der Waals surface area contributed by atoms with Crippen molar-refractivity contribution in [2.45, 2.75) is 31.5 Å². The smallest absolute Gasteiger partial charge is 0.293 e. The Morgan fingerprint density at radius 3 is 1.82 bits per heavy atom. The first-order valence-corrected chi connectivity index (χ1v) is 3.56. The molecule has 1 fully saturated rings. The minimum atomic E-state index is -0.224. The summed E-state index contributed by atoms with van der Waals surface area (Å²) < 4.78 is 9.41. The molecule has 4 heteroatoms. The van der Waals surface area contributed by atoms with Gasteiger partial charge < -0.3 is 9.47 Å². The summed E-state index contributed by atoms with van der Waals surface area (Å²) in [6.07, 6.45) is 2.07. The Hall–Kier alpha value is -1.06. The van der Waals surface area contributed by atoms with Gasteiger partial charge in [0, 0.05) is 0 Å². The molecule has 62 valence electrons. The third kappa shape index (κ3) is 1.93. The summed E-state index contributed by atoms with van der Waals surface area (Å²) in [5, 5.41) is 0. The topological polar surface area (TPSA) is 52.6 Å². The van der Waals surface area contributed by atoms with Crippen LogP contribution in [0.3, 0.4) is 0 Å². The predicted molar refractivity (Wildman–Crippen MR) is 35.7 cm³/mol. The van der Waals surface area contributed by atoms with Crippen molar-refractivity contribution in [3.63, 3.8) is 0 Å². The van der Waals surface area contributed by atoms with Crippen molar-refractivity contribution in [2.24, 2.45) is 0 Å². The Labute approximate surface area is 64.5 Å². The molecule has 1 saturated carbocycles. The van der Waals surface area contributed by atoms with Gasteiger partial charge in [0.05, 0.1) is 0 Å². The highest BCUT2D eigenvalue weighted by atomic mass is 16.6. The summed E-state index contributed by atoms with van der Waals surface area (Å²) in [6.45, 7) is 0.800. The lowest BCUT2D eigenvalue weighted by molar-refractivity contribution is -0.148. The maximum atomic E-state index is 9.94. The van der Waals surface area contributed by atoms with Crippen LogP contribution in [-0.4, -0.2) is 25.2 Å². The van der Waals surface area contributed by atoms with E-state index in [0.29, 0.717) is 12.9 Å². The molecule has 0 amide bonds. The Bertz CT molecular complexity index is 129. The van der Waals surface area contributed by atoms with Crippen molar-refractivity contribution in [2.75, 3.05) is 0 Å². The van der Waals surface area contributed by atoms with Crippen LogP contribution in [0, 0.1) is 0 Å². The quantitative estimate of drug-likeness (QED) is 0.550. The maximum Gasteiger partial charge on any atom is 0.293 e. The molecule has 0 aromatic rings. The lowest BCUT2D eigenvalue weighted by Crippen LogP contribution is -2.25. The number of rotatable bonds is 4. The minimum absolute atomic E-state index is 0.224. The highest BCUT2D eigenvalue weighted by Crippen LogP contribution is 2.23. The van der Waals surface area contributed by atoms with Gasteiger partial charge in [0.1, 0.15) is 12.2 Å². The maximum absolute atomic E-state index is 9.94. The SMILES string of the molecule is O=CO[C@H]1CCC[C@@H]1OC=O. The van der Waals surface area contributed by atoms with E-state index in [4.69, 9.17) is 9.47 Å². The number of carbonyl (C=O) groups excluding carboxylic acids is 2. The second-order valence-corrected chi connectivity index (χ2v) is 2.47. The monoisotopic (exact) mass is 158 g/mol. The van der Waals surface area contributed by atoms with Crippen LogP contribution in [0.2, 0.25) is 0 Å². The van der Waals surface area contributed by atoms with E-state index < -0.39 is 0 Å². The number of carbonyl (C=O) groups is 2. The van der Waals surface area contributed by atoms with E-state index in [2.05, 4.69) is 0 Å². The second-order valence-electron chi connectivity index (χ2n) is 2.47. The van der Waals surface area contributed by atoms with Crippen LogP contribution in [0.5, 0.6) is 0 Å². The predicted octanol–water partition coefficient (Wildman–Crippen LogP) is 0.254. The van der Waals surface area contributed by atoms with Crippen LogP contribution in [0.25, 0.3) is 0 Å². The molecule has 1 rings (SSSR count). The Kier molecular flexibility index (Phi) is 2.89. The first-order valence-electron chi connectivity index (χ1n) is 3.56. The summed E-state index contributed by atoms with van der Waals surface area (Å²) in [5.74, 6) is 0. The highest BCUT2D eigenvalue weighted by Gasteiger charge is 2.29. The van der Waals surface area contributed by atoms with Crippen molar-refractivity contribution < 1.29 is 19.1 Å². The Balaban J connectivity index is 2.36. The van der Waals surface area contributed by atoms with Gasteiger partial charge in [-0.05, 0) is 19.3 Å². The fourth-order valence-corrected chi connectivity index (χ4v) is 1.35. The summed E-state index contributed by atoms with van der Waals surface area (Å²) in [7, 11) is 0. The zero-order valence-corrected chi connectivity index (χ0v) is 6.06. The molecular formula is C7H10O4. The molecule has 0 aliphatic heterocycles. The van der Waals surface area contributed by atoms with E-state index in [-0.39, 0.29) is 12.2 Å². The molecule has 0 aromatic heterocycles. The molecule has 0 bridgehead atoms. The fourth-order valence-electron chi connectivity index (χ4n) is 1.35. The van der Waals surface area contributed by atoms with Gasteiger partial charge in [-0.1, -0.05) is 0 Å². The van der Waals surface area contributed by atoms with Crippen LogP contribution in [-0.2, 0) is 19.1 Å². The van der Waals surface area contributed by atoms with Gasteiger partial charge in [-0.25, -0.2) is 0 Å². The molecule has 1 aliphatic rings. The summed E-state index contributed by atoms with van der Waals surface area (Å²) in [6, 6.07) is 0. The lowest BCUT2D eigenvalue weighted by atomic mass is 10.3. The molecule has 4 nitrogen and oxygen atoms in total. The number of hydrogen-bond donors (Lipinski definition) is 0. The van der Waals surface area contributed by atoms with Gasteiger partial charge in [0.15, 0.2) is 0 Å². The first-order chi connectivity index (χ1) is 5.38. The Morgan fingerprint density at radius 2 is 1.45 bits per heavy atom. The molecule has 0 unspecified atom stereocenters. The first kappa shape index (κ1) is 8.04. The third-order valence-electron chi connectivity index (χ3n) is 1.85. The zero-order valence-electron chi connectivity index (χ0n) is 6.06. The standard InChI is InChI=1S/C7H10O4/c8-4-10-6-2-1-3-7(6)11-5-9/h4-7H,1-3H2/t6-,7-/m0/s1. The van der Waals surface area contributed by atoms with Gasteiger partial charge in [-0.3, -0.25) is 9.59 Å². The average Bonchev–Trinajstić information content (AvgIpc) is 2.39. The van der Waals surface area contributed by atoms with Gasteiger partial charge in [-0.15, -0.1) is 0 Å². The molecule has 0 heterocycles. The molecular weight excluding hydrogens is 148 g/mol. The summed E-state index contributed by atoms with van der Waals surface area (Å²) >= 11 is 0. The van der Waals surface area contributed by atoms with Crippen LogP contribution in [0.4, 0.5) is 0 Å². The van der Waals surface area contributed by atoms with E-state index in [1.54, 1.807) is 0 Å². The highest BCUT2D eigenvalue weighted by molar-refractivity contribution is 5.39. The van der Waals surface area contributed by atoms with E-state index in [1.807, 2.05) is 0 Å². The van der Waals surface area contributed by atoms with Gasteiger partial charge in [0.25, 0.3) is 12.9 Å². The molecule has 11 heavy (non-hydrogen) atoms. The summed E-state index contributed by atoms with van der Waals surface area (Å²) in [4.78, 5) is 19.9. The molecule has 0 radical (unpaired) electrons. The molecule has 0 aromatic carbocycles. The normalized spacial score (nSPS) is 29.5. The van der Waals surface area contributed by atoms with E-state index >= 15 is 0 Å². The molecule has 0 saturated heterocycles. The van der Waals surface area contributed by atoms with Crippen molar-refractivity contribution >= 4 is 12.9 Å². The average molecular weight is 158 g/mol. The van der Waals surface area contributed by atoms with Gasteiger partial charge in [-0.2, -0.15) is 0 Å². The van der Waals surface area contributed by atoms with Crippen molar-refractivity contribution in [3.8, 4) is 0 Å². The van der Waals surface area contributed by atoms with Gasteiger partial charge in [0.2, 0.25) is 0 Å². The number of ether oxygens (including phenoxy) is 2. The number of hydrogen-bond acceptors (Lipinski definition) is 4. The van der Waals surface area contributed by atoms with E-state index in [1.165, 1.54) is 0 Å². The lowest BCUT2D eigenvalue weighted by Gasteiger charge is -2.15. The zero-order chi connectivity index (χ0) is 8.10. The van der Waals surface area contributed by atoms with Crippen LogP contribution >= 0.6 is 0 Å². The molecule has 0 N–H and O–H groups in total. The van der Waals surface area contributed by atoms with Crippen LogP contribution < -0.4 is 0 Å². The summed E-state index contributed by atoms with van der Waals surface area (Å²) in [5.41, 5.74) is 0. The largest absolute Gasteiger partial charge is 0.461 e.